The summed E-state index contributed by atoms with van der Waals surface area (Å²) in [6.45, 7) is 6.22. The molecule has 0 saturated carbocycles. The standard InChI is InChI=1S/C17H23N5O2/c1-12-9-23-7-6-20(12)17-8-16(19-15-4-5-18-22(15)17)21-13-2-3-14(21)11-24-10-13/h4-5,8,12-14H,2-3,6-7,9-11H2,1H3/t12-,13?,14?/m1/s1. The van der Waals surface area contributed by atoms with Crippen molar-refractivity contribution in [3.8, 4) is 0 Å². The van der Waals surface area contributed by atoms with Crippen LogP contribution in [0.5, 0.6) is 0 Å². The summed E-state index contributed by atoms with van der Waals surface area (Å²) in [4.78, 5) is 9.76. The SMILES string of the molecule is C[C@@H]1COCCN1c1cc(N2C3CCC2COC3)nc2ccnn12. The minimum atomic E-state index is 0.336. The van der Waals surface area contributed by atoms with Crippen molar-refractivity contribution in [2.75, 3.05) is 42.8 Å². The molecule has 3 aliphatic rings. The van der Waals surface area contributed by atoms with E-state index in [4.69, 9.17) is 14.5 Å². The molecular formula is C17H23N5O2. The second-order valence-corrected chi connectivity index (χ2v) is 7.02. The minimum absolute atomic E-state index is 0.336. The van der Waals surface area contributed by atoms with Gasteiger partial charge in [-0.3, -0.25) is 0 Å². The smallest absolute Gasteiger partial charge is 0.159 e. The van der Waals surface area contributed by atoms with E-state index in [1.54, 1.807) is 0 Å². The topological polar surface area (TPSA) is 55.1 Å². The van der Waals surface area contributed by atoms with Crippen molar-refractivity contribution in [2.24, 2.45) is 0 Å². The summed E-state index contributed by atoms with van der Waals surface area (Å²) in [7, 11) is 0. The Morgan fingerprint density at radius 2 is 1.96 bits per heavy atom. The predicted molar refractivity (Wildman–Crippen MR) is 90.7 cm³/mol. The Labute approximate surface area is 141 Å². The summed E-state index contributed by atoms with van der Waals surface area (Å²) in [5.74, 6) is 2.18. The van der Waals surface area contributed by atoms with Crippen molar-refractivity contribution in [3.63, 3.8) is 0 Å². The Kier molecular flexibility index (Phi) is 3.38. The molecule has 2 bridgehead atoms. The van der Waals surface area contributed by atoms with E-state index in [1.807, 2.05) is 16.8 Å². The highest BCUT2D eigenvalue weighted by molar-refractivity contribution is 5.60. The summed E-state index contributed by atoms with van der Waals surface area (Å²) in [5, 5.41) is 4.50. The fraction of sp³-hybridized carbons (Fsp3) is 0.647. The molecule has 0 amide bonds. The molecule has 2 unspecified atom stereocenters. The minimum Gasteiger partial charge on any atom is -0.377 e. The van der Waals surface area contributed by atoms with Crippen molar-refractivity contribution < 1.29 is 9.47 Å². The summed E-state index contributed by atoms with van der Waals surface area (Å²) >= 11 is 0. The number of morpholine rings is 2. The van der Waals surface area contributed by atoms with Gasteiger partial charge in [-0.1, -0.05) is 0 Å². The third-order valence-electron chi connectivity index (χ3n) is 5.49. The van der Waals surface area contributed by atoms with Crippen LogP contribution in [0.2, 0.25) is 0 Å². The zero-order valence-corrected chi connectivity index (χ0v) is 14.0. The normalized spacial score (nSPS) is 30.3. The van der Waals surface area contributed by atoms with E-state index in [1.165, 1.54) is 12.8 Å². The van der Waals surface area contributed by atoms with Crippen LogP contribution < -0.4 is 9.80 Å². The Morgan fingerprint density at radius 1 is 1.12 bits per heavy atom. The van der Waals surface area contributed by atoms with Gasteiger partial charge in [0.05, 0.1) is 50.7 Å². The number of nitrogens with zero attached hydrogens (tertiary/aromatic N) is 5. The van der Waals surface area contributed by atoms with Crippen LogP contribution in [0.4, 0.5) is 11.6 Å². The van der Waals surface area contributed by atoms with Gasteiger partial charge >= 0.3 is 0 Å². The first kappa shape index (κ1) is 14.5. The summed E-state index contributed by atoms with van der Waals surface area (Å²) in [5.41, 5.74) is 0.909. The van der Waals surface area contributed by atoms with Gasteiger partial charge in [0.25, 0.3) is 0 Å². The molecule has 5 rings (SSSR count). The van der Waals surface area contributed by atoms with Gasteiger partial charge in [-0.15, -0.1) is 0 Å². The second kappa shape index (κ2) is 5.60. The number of hydrogen-bond donors (Lipinski definition) is 0. The maximum Gasteiger partial charge on any atom is 0.159 e. The van der Waals surface area contributed by atoms with Gasteiger partial charge in [-0.05, 0) is 19.8 Å². The number of rotatable bonds is 2. The molecule has 2 aromatic heterocycles. The van der Waals surface area contributed by atoms with E-state index in [-0.39, 0.29) is 0 Å². The number of hydrogen-bond acceptors (Lipinski definition) is 6. The van der Waals surface area contributed by atoms with Gasteiger partial charge in [0.2, 0.25) is 0 Å². The first-order valence-corrected chi connectivity index (χ1v) is 8.86. The van der Waals surface area contributed by atoms with E-state index >= 15 is 0 Å². The van der Waals surface area contributed by atoms with Crippen LogP contribution in [0.1, 0.15) is 19.8 Å². The molecule has 0 aliphatic carbocycles. The van der Waals surface area contributed by atoms with Gasteiger partial charge in [-0.25, -0.2) is 4.98 Å². The summed E-state index contributed by atoms with van der Waals surface area (Å²) in [6.07, 6.45) is 4.22. The lowest BCUT2D eigenvalue weighted by Crippen LogP contribution is -2.47. The largest absolute Gasteiger partial charge is 0.377 e. The maximum atomic E-state index is 5.73. The molecular weight excluding hydrogens is 306 g/mol. The van der Waals surface area contributed by atoms with Crippen molar-refractivity contribution in [1.29, 1.82) is 0 Å². The molecule has 3 saturated heterocycles. The van der Waals surface area contributed by atoms with E-state index in [9.17, 15) is 0 Å². The molecule has 7 nitrogen and oxygen atoms in total. The van der Waals surface area contributed by atoms with Crippen molar-refractivity contribution in [2.45, 2.75) is 37.9 Å². The third kappa shape index (κ3) is 2.18. The first-order valence-electron chi connectivity index (χ1n) is 8.86. The second-order valence-electron chi connectivity index (χ2n) is 7.02. The highest BCUT2D eigenvalue weighted by atomic mass is 16.5. The molecule has 0 aromatic carbocycles. The molecule has 3 atom stereocenters. The quantitative estimate of drug-likeness (QED) is 0.828. The predicted octanol–water partition coefficient (Wildman–Crippen LogP) is 1.32. The Balaban J connectivity index is 1.60. The molecule has 2 aromatic rings. The van der Waals surface area contributed by atoms with Crippen LogP contribution in [-0.2, 0) is 9.47 Å². The average molecular weight is 329 g/mol. The Morgan fingerprint density at radius 3 is 2.75 bits per heavy atom. The Hall–Kier alpha value is -1.86. The van der Waals surface area contributed by atoms with Gasteiger partial charge in [0.15, 0.2) is 5.65 Å². The number of aromatic nitrogens is 3. The van der Waals surface area contributed by atoms with Crippen LogP contribution in [0, 0.1) is 0 Å². The molecule has 24 heavy (non-hydrogen) atoms. The number of fused-ring (bicyclic) bond motifs is 3. The van der Waals surface area contributed by atoms with Gasteiger partial charge < -0.3 is 19.3 Å². The van der Waals surface area contributed by atoms with Crippen LogP contribution in [0.3, 0.4) is 0 Å². The van der Waals surface area contributed by atoms with E-state index < -0.39 is 0 Å². The monoisotopic (exact) mass is 329 g/mol. The average Bonchev–Trinajstić information content (AvgIpc) is 3.16. The zero-order valence-electron chi connectivity index (χ0n) is 14.0. The first-order chi connectivity index (χ1) is 11.8. The molecule has 7 heteroatoms. The fourth-order valence-corrected chi connectivity index (χ4v) is 4.29. The van der Waals surface area contributed by atoms with Crippen LogP contribution in [0.25, 0.3) is 5.65 Å². The molecule has 0 spiro atoms. The highest BCUT2D eigenvalue weighted by Gasteiger charge is 2.38. The maximum absolute atomic E-state index is 5.73. The highest BCUT2D eigenvalue weighted by Crippen LogP contribution is 2.35. The van der Waals surface area contributed by atoms with E-state index in [0.717, 1.165) is 50.3 Å². The van der Waals surface area contributed by atoms with Crippen LogP contribution in [0.15, 0.2) is 18.3 Å². The van der Waals surface area contributed by atoms with Crippen molar-refractivity contribution in [1.82, 2.24) is 14.6 Å². The third-order valence-corrected chi connectivity index (χ3v) is 5.49. The lowest BCUT2D eigenvalue weighted by Gasteiger charge is -2.38. The van der Waals surface area contributed by atoms with Gasteiger partial charge in [-0.2, -0.15) is 9.61 Å². The molecule has 3 aliphatic heterocycles. The van der Waals surface area contributed by atoms with Crippen LogP contribution >= 0.6 is 0 Å². The number of ether oxygens (including phenoxy) is 2. The molecule has 0 radical (unpaired) electrons. The molecule has 0 N–H and O–H groups in total. The summed E-state index contributed by atoms with van der Waals surface area (Å²) in [6, 6.07) is 5.44. The zero-order chi connectivity index (χ0) is 16.1. The van der Waals surface area contributed by atoms with Crippen molar-refractivity contribution >= 4 is 17.3 Å². The lowest BCUT2D eigenvalue weighted by atomic mass is 10.2. The lowest BCUT2D eigenvalue weighted by molar-refractivity contribution is 0.0901. The molecule has 5 heterocycles. The van der Waals surface area contributed by atoms with Gasteiger partial charge in [0, 0.05) is 18.7 Å². The molecule has 3 fully saturated rings. The summed E-state index contributed by atoms with van der Waals surface area (Å²) < 4.78 is 13.3. The van der Waals surface area contributed by atoms with Crippen LogP contribution in [-0.4, -0.2) is 65.7 Å². The van der Waals surface area contributed by atoms with Crippen molar-refractivity contribution in [3.05, 3.63) is 18.3 Å². The molecule has 128 valence electrons. The van der Waals surface area contributed by atoms with E-state index in [2.05, 4.69) is 27.9 Å². The Bertz CT molecular complexity index is 732. The fourth-order valence-electron chi connectivity index (χ4n) is 4.29. The van der Waals surface area contributed by atoms with Gasteiger partial charge in [0.1, 0.15) is 11.6 Å². The van der Waals surface area contributed by atoms with E-state index in [0.29, 0.717) is 18.1 Å². The number of anilines is 2.